The summed E-state index contributed by atoms with van der Waals surface area (Å²) in [6, 6.07) is 9.99. The van der Waals surface area contributed by atoms with Crippen LogP contribution in [-0.2, 0) is 15.6 Å². The molecule has 0 atom stereocenters. The maximum absolute atomic E-state index is 13.9. The summed E-state index contributed by atoms with van der Waals surface area (Å²) < 4.78 is 62.5. The molecule has 13 heteroatoms. The van der Waals surface area contributed by atoms with Crippen molar-refractivity contribution in [3.63, 3.8) is 0 Å². The molecule has 2 aromatic carbocycles. The Kier molecular flexibility index (Phi) is 8.31. The Balaban J connectivity index is 1.70. The summed E-state index contributed by atoms with van der Waals surface area (Å²) in [5.74, 6) is -1.76. The van der Waals surface area contributed by atoms with Crippen LogP contribution in [0.1, 0.15) is 19.4 Å². The van der Waals surface area contributed by atoms with E-state index in [0.29, 0.717) is 16.8 Å². The van der Waals surface area contributed by atoms with Gasteiger partial charge in [0.1, 0.15) is 17.3 Å². The summed E-state index contributed by atoms with van der Waals surface area (Å²) in [5, 5.41) is 4.76. The average Bonchev–Trinajstić information content (AvgIpc) is 2.87. The molecule has 1 fully saturated rings. The molecule has 1 aliphatic heterocycles. The molecule has 4 rings (SSSR count). The van der Waals surface area contributed by atoms with Gasteiger partial charge in [-0.1, -0.05) is 37.6 Å². The van der Waals surface area contributed by atoms with E-state index in [1.165, 1.54) is 24.6 Å². The van der Waals surface area contributed by atoms with Gasteiger partial charge in [0.15, 0.2) is 0 Å². The normalized spacial score (nSPS) is 15.1. The number of aromatic nitrogens is 2. The number of hydrogen-bond acceptors (Lipinski definition) is 6. The molecular formula is C26H30ClF2N5O4S. The van der Waals surface area contributed by atoms with Crippen LogP contribution in [0.3, 0.4) is 0 Å². The third-order valence-corrected chi connectivity index (χ3v) is 8.77. The summed E-state index contributed by atoms with van der Waals surface area (Å²) in [5.41, 5.74) is -0.0359. The monoisotopic (exact) mass is 581 g/mol. The van der Waals surface area contributed by atoms with Crippen LogP contribution in [0.4, 0.5) is 14.5 Å². The second-order valence-electron chi connectivity index (χ2n) is 10.1. The van der Waals surface area contributed by atoms with Crippen LogP contribution in [0.15, 0.2) is 53.5 Å². The van der Waals surface area contributed by atoms with Gasteiger partial charge in [-0.25, -0.2) is 8.78 Å². The Morgan fingerprint density at radius 2 is 1.62 bits per heavy atom. The van der Waals surface area contributed by atoms with E-state index in [2.05, 4.69) is 5.10 Å². The molecule has 9 nitrogen and oxygen atoms in total. The van der Waals surface area contributed by atoms with Crippen LogP contribution >= 0.6 is 11.6 Å². The van der Waals surface area contributed by atoms with Gasteiger partial charge >= 0.3 is 5.56 Å². The summed E-state index contributed by atoms with van der Waals surface area (Å²) in [4.78, 5) is 15.5. The Labute approximate surface area is 231 Å². The molecule has 1 saturated heterocycles. The van der Waals surface area contributed by atoms with Crippen molar-refractivity contribution in [1.29, 1.82) is 0 Å². The highest BCUT2D eigenvalue weighted by Gasteiger charge is 2.31. The van der Waals surface area contributed by atoms with Crippen LogP contribution < -0.4 is 15.2 Å². The minimum absolute atomic E-state index is 0.0550. The molecule has 2 heterocycles. The minimum atomic E-state index is -3.59. The van der Waals surface area contributed by atoms with Crippen LogP contribution in [0.5, 0.6) is 5.75 Å². The number of ether oxygens (including phenoxy) is 1. The van der Waals surface area contributed by atoms with Crippen molar-refractivity contribution < 1.29 is 21.9 Å². The molecule has 210 valence electrons. The number of hydrogen-bond donors (Lipinski definition) is 0. The lowest BCUT2D eigenvalue weighted by molar-refractivity contribution is 0.236. The van der Waals surface area contributed by atoms with E-state index in [4.69, 9.17) is 16.3 Å². The van der Waals surface area contributed by atoms with E-state index < -0.39 is 32.8 Å². The van der Waals surface area contributed by atoms with Crippen molar-refractivity contribution in [2.45, 2.75) is 19.3 Å². The highest BCUT2D eigenvalue weighted by molar-refractivity contribution is 7.86. The summed E-state index contributed by atoms with van der Waals surface area (Å²) in [6.07, 6.45) is 1.39. The average molecular weight is 582 g/mol. The molecule has 39 heavy (non-hydrogen) atoms. The van der Waals surface area contributed by atoms with E-state index in [9.17, 15) is 22.0 Å². The van der Waals surface area contributed by atoms with Crippen molar-refractivity contribution in [3.8, 4) is 11.4 Å². The lowest BCUT2D eigenvalue weighted by atomic mass is 9.86. The summed E-state index contributed by atoms with van der Waals surface area (Å²) in [6.45, 7) is 4.93. The van der Waals surface area contributed by atoms with Gasteiger partial charge in [-0.3, -0.25) is 4.79 Å². The third kappa shape index (κ3) is 6.24. The van der Waals surface area contributed by atoms with E-state index in [1.807, 2.05) is 30.9 Å². The first-order valence-corrected chi connectivity index (χ1v) is 14.0. The largest absolute Gasteiger partial charge is 0.485 e. The zero-order valence-electron chi connectivity index (χ0n) is 22.1. The molecule has 1 aromatic heterocycles. The Hall–Kier alpha value is -3.06. The smallest absolute Gasteiger partial charge is 0.316 e. The van der Waals surface area contributed by atoms with Gasteiger partial charge in [0.05, 0.1) is 18.5 Å². The minimum Gasteiger partial charge on any atom is -0.485 e. The zero-order valence-corrected chi connectivity index (χ0v) is 23.6. The summed E-state index contributed by atoms with van der Waals surface area (Å²) in [7, 11) is -0.657. The van der Waals surface area contributed by atoms with Gasteiger partial charge in [-0.15, -0.1) is 0 Å². The second-order valence-corrected chi connectivity index (χ2v) is 12.6. The molecule has 3 aromatic rings. The Morgan fingerprint density at radius 3 is 2.18 bits per heavy atom. The molecule has 0 amide bonds. The van der Waals surface area contributed by atoms with E-state index in [0.717, 1.165) is 26.7 Å². The number of rotatable bonds is 8. The molecule has 1 aliphatic rings. The molecule has 0 saturated carbocycles. The van der Waals surface area contributed by atoms with Gasteiger partial charge in [0.2, 0.25) is 5.75 Å². The fourth-order valence-electron chi connectivity index (χ4n) is 4.26. The lowest BCUT2D eigenvalue weighted by Crippen LogP contribution is -2.52. The van der Waals surface area contributed by atoms with E-state index in [1.54, 1.807) is 12.1 Å². The SMILES string of the molecule is CN(C)S(=O)(=O)N1CCN(c2cnn(-c3cc(F)cc(F)c3)c(=O)c2OCC(C)(C)c2ccc(Cl)cc2)CC1. The molecule has 0 N–H and O–H groups in total. The van der Waals surface area contributed by atoms with E-state index >= 15 is 0 Å². The zero-order chi connectivity index (χ0) is 28.5. The molecule has 0 spiro atoms. The number of nitrogens with zero attached hydrogens (tertiary/aromatic N) is 5. The third-order valence-electron chi connectivity index (χ3n) is 6.58. The standard InChI is InChI=1S/C26H30ClF2N5O4S/c1-26(2,18-5-7-19(27)8-6-18)17-38-24-23(32-9-11-33(12-10-32)39(36,37)31(3)4)16-30-34(25(24)35)22-14-20(28)13-21(29)15-22/h5-8,13-16H,9-12,17H2,1-4H3. The predicted octanol–water partition coefficient (Wildman–Crippen LogP) is 3.45. The Bertz CT molecular complexity index is 1490. The van der Waals surface area contributed by atoms with Gasteiger partial charge in [-0.05, 0) is 29.8 Å². The molecular weight excluding hydrogens is 552 g/mol. The quantitative estimate of drug-likeness (QED) is 0.405. The fourth-order valence-corrected chi connectivity index (χ4v) is 5.48. The maximum Gasteiger partial charge on any atom is 0.316 e. The first kappa shape index (κ1) is 28.9. The summed E-state index contributed by atoms with van der Waals surface area (Å²) >= 11 is 6.03. The first-order chi connectivity index (χ1) is 18.3. The van der Waals surface area contributed by atoms with Gasteiger partial charge in [0, 0.05) is 56.8 Å². The van der Waals surface area contributed by atoms with Crippen LogP contribution in [-0.4, -0.2) is 73.7 Å². The van der Waals surface area contributed by atoms with Crippen molar-refractivity contribution >= 4 is 27.5 Å². The molecule has 0 radical (unpaired) electrons. The number of halogens is 3. The van der Waals surface area contributed by atoms with Gasteiger partial charge in [0.25, 0.3) is 10.2 Å². The van der Waals surface area contributed by atoms with Crippen molar-refractivity contribution in [3.05, 3.63) is 81.2 Å². The maximum atomic E-state index is 13.9. The number of benzene rings is 2. The van der Waals surface area contributed by atoms with E-state index in [-0.39, 0.29) is 44.2 Å². The van der Waals surface area contributed by atoms with Crippen molar-refractivity contribution in [1.82, 2.24) is 18.4 Å². The van der Waals surface area contributed by atoms with Gasteiger partial charge < -0.3 is 9.64 Å². The van der Waals surface area contributed by atoms with Gasteiger partial charge in [-0.2, -0.15) is 26.8 Å². The first-order valence-electron chi connectivity index (χ1n) is 12.2. The Morgan fingerprint density at radius 1 is 1.03 bits per heavy atom. The highest BCUT2D eigenvalue weighted by Crippen LogP contribution is 2.30. The number of piperazine rings is 1. The predicted molar refractivity (Wildman–Crippen MR) is 146 cm³/mol. The highest BCUT2D eigenvalue weighted by atomic mass is 35.5. The van der Waals surface area contributed by atoms with Crippen molar-refractivity contribution in [2.24, 2.45) is 0 Å². The lowest BCUT2D eigenvalue weighted by Gasteiger charge is -2.36. The fraction of sp³-hybridized carbons (Fsp3) is 0.385. The molecule has 0 bridgehead atoms. The number of anilines is 1. The van der Waals surface area contributed by atoms with Crippen molar-refractivity contribution in [2.75, 3.05) is 51.8 Å². The van der Waals surface area contributed by atoms with Crippen LogP contribution in [0, 0.1) is 11.6 Å². The molecule has 0 aliphatic carbocycles. The topological polar surface area (TPSA) is 88.0 Å². The van der Waals surface area contributed by atoms with Crippen LogP contribution in [0.25, 0.3) is 5.69 Å². The molecule has 0 unspecified atom stereocenters. The van der Waals surface area contributed by atoms with Crippen LogP contribution in [0.2, 0.25) is 5.02 Å². The second kappa shape index (κ2) is 11.2.